The summed E-state index contributed by atoms with van der Waals surface area (Å²) in [6.45, 7) is 99.2. The third kappa shape index (κ3) is 333. The van der Waals surface area contributed by atoms with Crippen LogP contribution in [-0.4, -0.2) is 0 Å². The molecule has 0 saturated carbocycles. The van der Waals surface area contributed by atoms with Crippen LogP contribution in [0.3, 0.4) is 0 Å². The second kappa shape index (κ2) is 281. The minimum absolute atomic E-state index is 0. The summed E-state index contributed by atoms with van der Waals surface area (Å²) in [5.41, 5.74) is 3.05. The van der Waals surface area contributed by atoms with Gasteiger partial charge in [0.1, 0.15) is 0 Å². The van der Waals surface area contributed by atoms with E-state index in [9.17, 15) is 0 Å². The van der Waals surface area contributed by atoms with E-state index >= 15 is 0 Å². The van der Waals surface area contributed by atoms with E-state index in [-0.39, 0.29) is 344 Å². The average Bonchev–Trinajstić information content (AvgIpc) is 3.38. The SMILES string of the molecule is CC.CC.CC.CC.CC.CC.CC.CC.[CH-]=CC[CH2-].[CH-]=CC[CH2-].[CH-]=CC[CH2-].[CH-]=C[CH2-].[CH-]=C[CH2-].[CH-]=Cc1ccccc1[CH2-].[CH2-]C=CC[CH2-].[CH2-]C=Cc1[c-]cccc1.[CH2-]CC=CC[CH2-].[CH3-].[W+2].[W].[Y].[Y].[Y].[Y].[Y].[Y].[Y].[Y].[Y]. The molecule has 2 aromatic rings. The molecule has 75 heavy (non-hydrogen) atoms. The van der Waals surface area contributed by atoms with Crippen molar-refractivity contribution in [3.63, 3.8) is 0 Å². The topological polar surface area (TPSA) is 0 Å². The fraction of sp³-hybridized carbons (Fsp3) is 0.344. The van der Waals surface area contributed by atoms with Gasteiger partial charge >= 0.3 is 21.1 Å². The summed E-state index contributed by atoms with van der Waals surface area (Å²) in [5, 5.41) is 0. The van der Waals surface area contributed by atoms with Gasteiger partial charge in [-0.3, -0.25) is 12.7 Å². The summed E-state index contributed by atoms with van der Waals surface area (Å²) in [5.74, 6) is 0. The minimum atomic E-state index is 0. The molecular weight excluding hydrogens is 1940 g/mol. The Morgan fingerprint density at radius 1 is 0.413 bits per heavy atom. The molecular formula is C64H111W2Y9-17. The summed E-state index contributed by atoms with van der Waals surface area (Å²) in [6.07, 6.45) is 24.7. The van der Waals surface area contributed by atoms with E-state index in [1.165, 1.54) is 30.4 Å². The van der Waals surface area contributed by atoms with Gasteiger partial charge in [0.15, 0.2) is 0 Å². The van der Waals surface area contributed by atoms with Gasteiger partial charge in [0.25, 0.3) is 0 Å². The second-order valence-electron chi connectivity index (χ2n) is 7.44. The van der Waals surface area contributed by atoms with E-state index in [0.29, 0.717) is 0 Å². The maximum atomic E-state index is 5.29. The van der Waals surface area contributed by atoms with Crippen molar-refractivity contribution in [3.05, 3.63) is 255 Å². The second-order valence-corrected chi connectivity index (χ2v) is 7.44. The third-order valence-electron chi connectivity index (χ3n) is 3.60. The largest absolute Gasteiger partial charge is 2.00 e. The van der Waals surface area contributed by atoms with Gasteiger partial charge in [-0.1, -0.05) is 117 Å². The van der Waals surface area contributed by atoms with Crippen molar-refractivity contribution in [2.45, 2.75) is 149 Å². The molecule has 9 radical (unpaired) electrons. The number of benzene rings is 2. The molecule has 0 spiro atoms. The number of hydrogen-bond acceptors (Lipinski definition) is 0. The van der Waals surface area contributed by atoms with Gasteiger partial charge in [0.05, 0.1) is 0 Å². The molecule has 0 fully saturated rings. The Kier molecular flexibility index (Phi) is 666. The normalized spacial score (nSPS) is 5.73. The van der Waals surface area contributed by atoms with Gasteiger partial charge in [0.2, 0.25) is 0 Å². The molecule has 0 aliphatic heterocycles. The third-order valence-corrected chi connectivity index (χ3v) is 3.60. The molecule has 0 amide bonds. The molecule has 0 aliphatic rings. The minimum Gasteiger partial charge on any atom is -0.549 e. The van der Waals surface area contributed by atoms with Gasteiger partial charge in [-0.2, -0.15) is 68.4 Å². The van der Waals surface area contributed by atoms with Crippen LogP contribution >= 0.6 is 0 Å². The fourth-order valence-electron chi connectivity index (χ4n) is 1.69. The maximum absolute atomic E-state index is 5.29. The molecule has 2 aromatic carbocycles. The maximum Gasteiger partial charge on any atom is 2.00 e. The molecule has 0 bridgehead atoms. The Bertz CT molecular complexity index is 957. The molecule has 0 atom stereocenters. The molecule has 0 aromatic heterocycles. The Balaban J connectivity index is -0.0000000133. The van der Waals surface area contributed by atoms with E-state index in [1.54, 1.807) is 18.2 Å². The monoisotopic (exact) mass is 2050 g/mol. The van der Waals surface area contributed by atoms with Gasteiger partial charge in [-0.05, 0) is 0 Å². The molecule has 0 saturated heterocycles. The first-order chi connectivity index (χ1) is 30.7. The van der Waals surface area contributed by atoms with E-state index in [4.69, 9.17) is 26.3 Å². The Labute approximate surface area is 738 Å². The molecule has 0 nitrogen and oxygen atoms in total. The van der Waals surface area contributed by atoms with E-state index in [2.05, 4.69) is 95.4 Å². The summed E-state index contributed by atoms with van der Waals surface area (Å²) >= 11 is 0. The molecule has 0 heterocycles. The van der Waals surface area contributed by atoms with Crippen molar-refractivity contribution in [1.29, 1.82) is 0 Å². The van der Waals surface area contributed by atoms with E-state index in [0.717, 1.165) is 55.2 Å². The van der Waals surface area contributed by atoms with E-state index < -0.39 is 0 Å². The summed E-state index contributed by atoms with van der Waals surface area (Å²) in [7, 11) is 0. The zero-order chi connectivity index (χ0) is 53.8. The van der Waals surface area contributed by atoms with Crippen LogP contribution in [0.4, 0.5) is 0 Å². The van der Waals surface area contributed by atoms with Crippen molar-refractivity contribution in [1.82, 2.24) is 0 Å². The first-order valence-corrected chi connectivity index (χ1v) is 22.7. The van der Waals surface area contributed by atoms with Crippen LogP contribution in [-0.2, 0) is 337 Å². The smallest absolute Gasteiger partial charge is 0.549 e. The molecule has 11 heteroatoms. The molecule has 423 valence electrons. The van der Waals surface area contributed by atoms with Gasteiger partial charge in [0, 0.05) is 315 Å². The first kappa shape index (κ1) is 178. The van der Waals surface area contributed by atoms with Gasteiger partial charge in [-0.25, -0.2) is 32.4 Å². The number of hydrogen-bond donors (Lipinski definition) is 0. The zero-order valence-corrected chi connectivity index (χ0v) is 83.5. The van der Waals surface area contributed by atoms with Gasteiger partial charge < -0.3 is 126 Å². The average molecular weight is 2050 g/mol. The molecule has 0 unspecified atom stereocenters. The van der Waals surface area contributed by atoms with Gasteiger partial charge in [-0.15, -0.1) is 60.2 Å². The number of allylic oxidation sites excluding steroid dienone is 10. The van der Waals surface area contributed by atoms with Crippen LogP contribution in [0.1, 0.15) is 166 Å². The summed E-state index contributed by atoms with van der Waals surface area (Å²) < 4.78 is 0. The van der Waals surface area contributed by atoms with E-state index in [1.807, 2.05) is 184 Å². The number of rotatable bonds is 8. The Morgan fingerprint density at radius 3 is 0.787 bits per heavy atom. The predicted octanol–water partition coefficient (Wildman–Crippen LogP) is 22.1. The first-order valence-electron chi connectivity index (χ1n) is 22.7. The molecule has 2 rings (SSSR count). The predicted molar refractivity (Wildman–Crippen MR) is 315 cm³/mol. The van der Waals surface area contributed by atoms with Crippen molar-refractivity contribution < 1.29 is 337 Å². The van der Waals surface area contributed by atoms with Crippen LogP contribution in [0.2, 0.25) is 0 Å². The van der Waals surface area contributed by atoms with Crippen LogP contribution in [0, 0.1) is 129 Å². The molecule has 0 N–H and O–H groups in total. The van der Waals surface area contributed by atoms with Crippen molar-refractivity contribution in [3.8, 4) is 0 Å². The Morgan fingerprint density at radius 2 is 0.653 bits per heavy atom. The summed E-state index contributed by atoms with van der Waals surface area (Å²) in [4.78, 5) is 0. The zero-order valence-electron chi connectivity index (χ0n) is 52.0. The molecule has 0 aliphatic carbocycles. The van der Waals surface area contributed by atoms with Crippen molar-refractivity contribution in [2.75, 3.05) is 0 Å². The quantitative estimate of drug-likeness (QED) is 0.183. The van der Waals surface area contributed by atoms with Crippen molar-refractivity contribution >= 4 is 12.2 Å². The van der Waals surface area contributed by atoms with Crippen LogP contribution < -0.4 is 0 Å². The van der Waals surface area contributed by atoms with Crippen molar-refractivity contribution in [2.24, 2.45) is 0 Å². The van der Waals surface area contributed by atoms with Crippen LogP contribution in [0.15, 0.2) is 109 Å². The van der Waals surface area contributed by atoms with Crippen LogP contribution in [0.25, 0.3) is 12.2 Å². The summed E-state index contributed by atoms with van der Waals surface area (Å²) in [6, 6.07) is 18.6. The standard InChI is InChI=1S/2C9H8.C6H10.C5H8.3C4H6.2C3H4.8C2H6.CH3.2W.9Y/c1-3-9-7-5-4-6-8(9)2;1-2-6-9-7-4-3-5-8-9;1-3-5-6-4-2;1-3-5-4-2;3*1-3-4-2;2*1-3-2;8*1-2;;;;;;;;;;;;/h1,3-7H,2H2;2-7H,1H2;5-6H,1-4H2;3,5H,1-2,4H2;3*1,3H,2,4H2;2*1,3H,2H2;8*1-2H3;1H3;;;;;;;;;;;/q9*-2;;;;;;;;;-1;;+2;;;;;;;;;. The Hall–Kier alpha value is 6.76. The fourth-order valence-corrected chi connectivity index (χ4v) is 1.69. The van der Waals surface area contributed by atoms with Crippen LogP contribution in [0.5, 0.6) is 0 Å².